The van der Waals surface area contributed by atoms with Crippen molar-refractivity contribution >= 4 is 0 Å². The molecule has 1 atom stereocenters. The van der Waals surface area contributed by atoms with Gasteiger partial charge in [-0.05, 0) is 18.9 Å². The molecule has 1 fully saturated rings. The second-order valence-electron chi connectivity index (χ2n) is 4.61. The van der Waals surface area contributed by atoms with Crippen LogP contribution in [0.3, 0.4) is 0 Å². The zero-order valence-corrected chi connectivity index (χ0v) is 10.4. The summed E-state index contributed by atoms with van der Waals surface area (Å²) in [6.07, 6.45) is 1.71. The first-order valence-electron chi connectivity index (χ1n) is 6.21. The van der Waals surface area contributed by atoms with E-state index in [2.05, 4.69) is 10.2 Å². The summed E-state index contributed by atoms with van der Waals surface area (Å²) in [6, 6.07) is 1.16. The molecule has 1 aliphatic rings. The zero-order valence-electron chi connectivity index (χ0n) is 10.4. The van der Waals surface area contributed by atoms with Crippen LogP contribution in [0.1, 0.15) is 24.7 Å². The van der Waals surface area contributed by atoms with E-state index >= 15 is 0 Å². The predicted molar refractivity (Wildman–Crippen MR) is 62.4 cm³/mol. The highest BCUT2D eigenvalue weighted by Crippen LogP contribution is 2.29. The van der Waals surface area contributed by atoms with E-state index in [0.717, 1.165) is 12.8 Å². The number of ether oxygens (including phenoxy) is 1. The highest BCUT2D eigenvalue weighted by atomic mass is 19.2. The van der Waals surface area contributed by atoms with Crippen molar-refractivity contribution in [3.8, 4) is 11.5 Å². The van der Waals surface area contributed by atoms with Gasteiger partial charge in [-0.15, -0.1) is 10.2 Å². The van der Waals surface area contributed by atoms with Gasteiger partial charge in [0.05, 0.1) is 18.1 Å². The number of rotatable bonds is 2. The second-order valence-corrected chi connectivity index (χ2v) is 4.61. The molecule has 0 spiro atoms. The maximum absolute atomic E-state index is 13.6. The number of nitrogens with zero attached hydrogens (tertiary/aromatic N) is 2. The first-order chi connectivity index (χ1) is 9.65. The number of halogens is 3. The summed E-state index contributed by atoms with van der Waals surface area (Å²) < 4.78 is 50.3. The Morgan fingerprint density at radius 3 is 2.60 bits per heavy atom. The molecule has 4 nitrogen and oxygen atoms in total. The quantitative estimate of drug-likeness (QED) is 0.795. The minimum Gasteiger partial charge on any atom is -0.420 e. The van der Waals surface area contributed by atoms with Crippen LogP contribution >= 0.6 is 0 Å². The van der Waals surface area contributed by atoms with E-state index in [1.165, 1.54) is 0 Å². The third-order valence-electron chi connectivity index (χ3n) is 3.19. The molecule has 1 aromatic carbocycles. The maximum atomic E-state index is 13.6. The maximum Gasteiger partial charge on any atom is 0.250 e. The van der Waals surface area contributed by atoms with E-state index < -0.39 is 17.5 Å². The van der Waals surface area contributed by atoms with Crippen molar-refractivity contribution in [3.63, 3.8) is 0 Å². The van der Waals surface area contributed by atoms with Gasteiger partial charge in [0.25, 0.3) is 5.89 Å². The molecule has 106 valence electrons. The molecule has 20 heavy (non-hydrogen) atoms. The molecule has 0 saturated carbocycles. The SMILES string of the molecule is Fc1cc(F)c(-c2nnc(C3CCCOC3)o2)cc1F. The van der Waals surface area contributed by atoms with Gasteiger partial charge in [0.15, 0.2) is 11.6 Å². The minimum atomic E-state index is -1.26. The lowest BCUT2D eigenvalue weighted by atomic mass is 10.0. The standard InChI is InChI=1S/C13H11F3N2O2/c14-9-5-11(16)10(15)4-8(9)13-18-17-12(20-13)7-2-1-3-19-6-7/h4-5,7H,1-3,6H2. The largest absolute Gasteiger partial charge is 0.420 e. The Bertz CT molecular complexity index is 624. The zero-order chi connectivity index (χ0) is 14.1. The van der Waals surface area contributed by atoms with Gasteiger partial charge in [0.2, 0.25) is 5.89 Å². The van der Waals surface area contributed by atoms with Crippen LogP contribution in [0.5, 0.6) is 0 Å². The van der Waals surface area contributed by atoms with E-state index in [4.69, 9.17) is 9.15 Å². The van der Waals surface area contributed by atoms with Gasteiger partial charge in [-0.25, -0.2) is 13.2 Å². The third kappa shape index (κ3) is 2.40. The molecule has 1 unspecified atom stereocenters. The highest BCUT2D eigenvalue weighted by molar-refractivity contribution is 5.53. The van der Waals surface area contributed by atoms with Gasteiger partial charge in [0, 0.05) is 12.7 Å². The molecule has 1 aliphatic heterocycles. The first-order valence-corrected chi connectivity index (χ1v) is 6.21. The Labute approximate surface area is 112 Å². The molecule has 2 aromatic rings. The van der Waals surface area contributed by atoms with Gasteiger partial charge < -0.3 is 9.15 Å². The van der Waals surface area contributed by atoms with Gasteiger partial charge in [0.1, 0.15) is 5.82 Å². The number of hydrogen-bond acceptors (Lipinski definition) is 4. The Kier molecular flexibility index (Phi) is 3.43. The first kappa shape index (κ1) is 13.1. The van der Waals surface area contributed by atoms with Crippen LogP contribution in [-0.4, -0.2) is 23.4 Å². The molecule has 0 N–H and O–H groups in total. The minimum absolute atomic E-state index is 0.0432. The summed E-state index contributed by atoms with van der Waals surface area (Å²) in [6.45, 7) is 1.15. The predicted octanol–water partition coefficient (Wildman–Crippen LogP) is 3.05. The molecular weight excluding hydrogens is 273 g/mol. The van der Waals surface area contributed by atoms with Crippen molar-refractivity contribution in [1.82, 2.24) is 10.2 Å². The van der Waals surface area contributed by atoms with Crippen LogP contribution in [0, 0.1) is 17.5 Å². The smallest absolute Gasteiger partial charge is 0.250 e. The fourth-order valence-corrected chi connectivity index (χ4v) is 2.13. The van der Waals surface area contributed by atoms with E-state index in [0.29, 0.717) is 31.2 Å². The summed E-state index contributed by atoms with van der Waals surface area (Å²) in [5.74, 6) is -3.25. The summed E-state index contributed by atoms with van der Waals surface area (Å²) >= 11 is 0. The molecule has 1 saturated heterocycles. The van der Waals surface area contributed by atoms with Crippen LogP contribution in [0.2, 0.25) is 0 Å². The molecule has 0 amide bonds. The molecule has 7 heteroatoms. The number of hydrogen-bond donors (Lipinski definition) is 0. The van der Waals surface area contributed by atoms with E-state index in [9.17, 15) is 13.2 Å². The summed E-state index contributed by atoms with van der Waals surface area (Å²) in [4.78, 5) is 0. The molecule has 0 radical (unpaired) electrons. The topological polar surface area (TPSA) is 48.2 Å². The second kappa shape index (κ2) is 5.24. The Morgan fingerprint density at radius 2 is 1.85 bits per heavy atom. The lowest BCUT2D eigenvalue weighted by molar-refractivity contribution is 0.0727. The Morgan fingerprint density at radius 1 is 1.05 bits per heavy atom. The van der Waals surface area contributed by atoms with Crippen molar-refractivity contribution in [2.45, 2.75) is 18.8 Å². The fraction of sp³-hybridized carbons (Fsp3) is 0.385. The number of aromatic nitrogens is 2. The van der Waals surface area contributed by atoms with Crippen LogP contribution in [-0.2, 0) is 4.74 Å². The van der Waals surface area contributed by atoms with Crippen molar-refractivity contribution in [1.29, 1.82) is 0 Å². The molecule has 0 aliphatic carbocycles. The molecule has 0 bridgehead atoms. The lowest BCUT2D eigenvalue weighted by Crippen LogP contribution is -2.15. The van der Waals surface area contributed by atoms with Crippen molar-refractivity contribution in [3.05, 3.63) is 35.5 Å². The van der Waals surface area contributed by atoms with Crippen LogP contribution < -0.4 is 0 Å². The van der Waals surface area contributed by atoms with Gasteiger partial charge >= 0.3 is 0 Å². The van der Waals surface area contributed by atoms with Crippen LogP contribution in [0.25, 0.3) is 11.5 Å². The summed E-state index contributed by atoms with van der Waals surface area (Å²) in [5, 5.41) is 7.52. The Balaban J connectivity index is 1.91. The average molecular weight is 284 g/mol. The summed E-state index contributed by atoms with van der Waals surface area (Å²) in [7, 11) is 0. The van der Waals surface area contributed by atoms with Crippen molar-refractivity contribution in [2.24, 2.45) is 0 Å². The lowest BCUT2D eigenvalue weighted by Gasteiger charge is -2.18. The monoisotopic (exact) mass is 284 g/mol. The average Bonchev–Trinajstić information content (AvgIpc) is 2.93. The van der Waals surface area contributed by atoms with Crippen LogP contribution in [0.4, 0.5) is 13.2 Å². The Hall–Kier alpha value is -1.89. The molecule has 2 heterocycles. The van der Waals surface area contributed by atoms with Crippen molar-refractivity contribution in [2.75, 3.05) is 13.2 Å². The van der Waals surface area contributed by atoms with Gasteiger partial charge in [-0.2, -0.15) is 0 Å². The van der Waals surface area contributed by atoms with Crippen LogP contribution in [0.15, 0.2) is 16.5 Å². The number of benzene rings is 1. The fourth-order valence-electron chi connectivity index (χ4n) is 2.13. The summed E-state index contributed by atoms with van der Waals surface area (Å²) in [5.41, 5.74) is -0.251. The van der Waals surface area contributed by atoms with E-state index in [-0.39, 0.29) is 17.4 Å². The third-order valence-corrected chi connectivity index (χ3v) is 3.19. The van der Waals surface area contributed by atoms with E-state index in [1.807, 2.05) is 0 Å². The normalized spacial score (nSPS) is 19.2. The van der Waals surface area contributed by atoms with E-state index in [1.54, 1.807) is 0 Å². The molecule has 1 aromatic heterocycles. The molecule has 3 rings (SSSR count). The highest BCUT2D eigenvalue weighted by Gasteiger charge is 2.23. The van der Waals surface area contributed by atoms with Crippen molar-refractivity contribution < 1.29 is 22.3 Å². The molecular formula is C13H11F3N2O2. The van der Waals surface area contributed by atoms with Gasteiger partial charge in [-0.3, -0.25) is 0 Å². The van der Waals surface area contributed by atoms with Gasteiger partial charge in [-0.1, -0.05) is 0 Å².